The van der Waals surface area contributed by atoms with Crippen molar-refractivity contribution in [3.05, 3.63) is 83.1 Å². The maximum absolute atomic E-state index is 13.3. The number of hydrogen-bond acceptors (Lipinski definition) is 4. The van der Waals surface area contributed by atoms with E-state index in [-0.39, 0.29) is 5.91 Å². The predicted molar refractivity (Wildman–Crippen MR) is 128 cm³/mol. The van der Waals surface area contributed by atoms with Gasteiger partial charge in [-0.25, -0.2) is 9.67 Å². The van der Waals surface area contributed by atoms with E-state index in [9.17, 15) is 4.79 Å². The van der Waals surface area contributed by atoms with Gasteiger partial charge in [0, 0.05) is 41.8 Å². The van der Waals surface area contributed by atoms with Gasteiger partial charge < -0.3 is 9.88 Å². The number of thiophene rings is 1. The zero-order valence-electron chi connectivity index (χ0n) is 17.6. The molecular formula is C25H21N5OS. The molecule has 0 aliphatic carbocycles. The van der Waals surface area contributed by atoms with E-state index in [1.165, 1.54) is 22.5 Å². The fraction of sp³-hybridized carbons (Fsp3) is 0.160. The minimum absolute atomic E-state index is 0.0844. The van der Waals surface area contributed by atoms with Gasteiger partial charge in [0.2, 0.25) is 0 Å². The Hall–Kier alpha value is -3.71. The lowest BCUT2D eigenvalue weighted by Crippen LogP contribution is -2.34. The molecule has 6 rings (SSSR count). The largest absolute Gasteiger partial charge is 0.346 e. The second kappa shape index (κ2) is 7.46. The lowest BCUT2D eigenvalue weighted by Gasteiger charge is -2.26. The van der Waals surface area contributed by atoms with Gasteiger partial charge in [-0.3, -0.25) is 4.79 Å². The number of benzene rings is 1. The van der Waals surface area contributed by atoms with E-state index in [1.54, 1.807) is 6.20 Å². The third kappa shape index (κ3) is 3.05. The number of pyridine rings is 1. The quantitative estimate of drug-likeness (QED) is 0.420. The number of carbonyl (C=O) groups excluding carboxylic acids is 1. The smallest absolute Gasteiger partial charge is 0.264 e. The van der Waals surface area contributed by atoms with Gasteiger partial charge in [0.15, 0.2) is 0 Å². The maximum atomic E-state index is 13.3. The Balaban J connectivity index is 1.28. The predicted octanol–water partition coefficient (Wildman–Crippen LogP) is 5.20. The number of aromatic nitrogens is 4. The molecule has 158 valence electrons. The molecule has 0 bridgehead atoms. The summed E-state index contributed by atoms with van der Waals surface area (Å²) in [6.45, 7) is 3.31. The van der Waals surface area contributed by atoms with E-state index in [0.717, 1.165) is 43.9 Å². The average molecular weight is 440 g/mol. The molecule has 0 atom stereocenters. The number of aryl methyl sites for hydroxylation is 1. The summed E-state index contributed by atoms with van der Waals surface area (Å²) in [6.07, 6.45) is 6.81. The molecule has 0 saturated carbocycles. The molecule has 5 aromatic rings. The summed E-state index contributed by atoms with van der Waals surface area (Å²) in [5, 5.41) is 6.85. The van der Waals surface area contributed by atoms with E-state index in [4.69, 9.17) is 0 Å². The van der Waals surface area contributed by atoms with Crippen molar-refractivity contribution in [1.29, 1.82) is 0 Å². The van der Waals surface area contributed by atoms with Crippen molar-refractivity contribution >= 4 is 44.1 Å². The maximum Gasteiger partial charge on any atom is 0.264 e. The molecule has 32 heavy (non-hydrogen) atoms. The molecule has 1 amide bonds. The molecule has 0 unspecified atom stereocenters. The normalized spacial score (nSPS) is 14.3. The van der Waals surface area contributed by atoms with E-state index >= 15 is 0 Å². The number of rotatable bonds is 3. The highest BCUT2D eigenvalue weighted by Crippen LogP contribution is 2.33. The van der Waals surface area contributed by atoms with Gasteiger partial charge in [0.1, 0.15) is 10.5 Å². The number of amides is 1. The van der Waals surface area contributed by atoms with E-state index < -0.39 is 0 Å². The van der Waals surface area contributed by atoms with Gasteiger partial charge in [-0.15, -0.1) is 11.3 Å². The lowest BCUT2D eigenvalue weighted by atomic mass is 9.99. The van der Waals surface area contributed by atoms with Crippen LogP contribution in [0, 0.1) is 6.92 Å². The first kappa shape index (κ1) is 19.0. The van der Waals surface area contributed by atoms with Crippen LogP contribution in [0.1, 0.15) is 27.3 Å². The van der Waals surface area contributed by atoms with E-state index in [1.807, 2.05) is 65.2 Å². The third-order valence-electron chi connectivity index (χ3n) is 6.05. The first-order valence-electron chi connectivity index (χ1n) is 10.6. The minimum Gasteiger partial charge on any atom is -0.346 e. The van der Waals surface area contributed by atoms with Crippen LogP contribution in [0.15, 0.2) is 67.0 Å². The summed E-state index contributed by atoms with van der Waals surface area (Å²) in [5.41, 5.74) is 5.29. The van der Waals surface area contributed by atoms with Gasteiger partial charge in [-0.2, -0.15) is 5.10 Å². The molecule has 0 saturated heterocycles. The van der Waals surface area contributed by atoms with Crippen molar-refractivity contribution in [3.63, 3.8) is 0 Å². The van der Waals surface area contributed by atoms with Gasteiger partial charge in [0.25, 0.3) is 5.91 Å². The van der Waals surface area contributed by atoms with Crippen molar-refractivity contribution < 1.29 is 4.79 Å². The lowest BCUT2D eigenvalue weighted by molar-refractivity contribution is 0.0778. The summed E-state index contributed by atoms with van der Waals surface area (Å²) in [4.78, 5) is 24.6. The van der Waals surface area contributed by atoms with Crippen LogP contribution in [-0.2, 0) is 0 Å². The third-order valence-corrected chi connectivity index (χ3v) is 7.15. The number of H-pyrrole nitrogens is 1. The highest BCUT2D eigenvalue weighted by molar-refractivity contribution is 7.20. The number of aromatic amines is 1. The van der Waals surface area contributed by atoms with Crippen molar-refractivity contribution in [2.24, 2.45) is 0 Å². The van der Waals surface area contributed by atoms with Gasteiger partial charge in [-0.1, -0.05) is 24.3 Å². The molecule has 1 aliphatic heterocycles. The van der Waals surface area contributed by atoms with Crippen molar-refractivity contribution in [1.82, 2.24) is 24.6 Å². The molecule has 4 aromatic heterocycles. The van der Waals surface area contributed by atoms with Crippen LogP contribution < -0.4 is 0 Å². The molecule has 0 spiro atoms. The highest BCUT2D eigenvalue weighted by atomic mass is 32.1. The molecule has 5 heterocycles. The zero-order valence-corrected chi connectivity index (χ0v) is 18.4. The van der Waals surface area contributed by atoms with E-state index in [0.29, 0.717) is 13.1 Å². The van der Waals surface area contributed by atoms with Crippen molar-refractivity contribution in [2.75, 3.05) is 13.1 Å². The van der Waals surface area contributed by atoms with Crippen LogP contribution in [0.5, 0.6) is 0 Å². The fourth-order valence-electron chi connectivity index (χ4n) is 4.37. The summed E-state index contributed by atoms with van der Waals surface area (Å²) in [5.74, 6) is 0.0844. The number of fused-ring (bicyclic) bond motifs is 2. The molecule has 0 fully saturated rings. The molecule has 6 nitrogen and oxygen atoms in total. The first-order chi connectivity index (χ1) is 15.7. The van der Waals surface area contributed by atoms with Crippen LogP contribution in [0.25, 0.3) is 32.5 Å². The van der Waals surface area contributed by atoms with Crippen LogP contribution in [-0.4, -0.2) is 43.6 Å². The number of hydrogen-bond donors (Lipinski definition) is 1. The highest BCUT2D eigenvalue weighted by Gasteiger charge is 2.24. The zero-order chi connectivity index (χ0) is 21.7. The number of nitrogens with zero attached hydrogens (tertiary/aromatic N) is 4. The number of para-hydroxylation sites is 1. The second-order valence-corrected chi connectivity index (χ2v) is 9.03. The number of carbonyl (C=O) groups is 1. The van der Waals surface area contributed by atoms with Crippen LogP contribution in [0.2, 0.25) is 0 Å². The molecule has 1 aliphatic rings. The van der Waals surface area contributed by atoms with Crippen LogP contribution in [0.3, 0.4) is 0 Å². The Kier molecular flexibility index (Phi) is 4.43. The van der Waals surface area contributed by atoms with Gasteiger partial charge in [0.05, 0.1) is 16.3 Å². The Morgan fingerprint density at radius 2 is 2.00 bits per heavy atom. The monoisotopic (exact) mass is 439 g/mol. The Labute approximate surface area is 188 Å². The molecule has 7 heteroatoms. The number of nitrogens with one attached hydrogen (secondary N) is 1. The molecule has 1 aromatic carbocycles. The topological polar surface area (TPSA) is 66.8 Å². The molecule has 1 N–H and O–H groups in total. The first-order valence-corrected chi connectivity index (χ1v) is 11.5. The van der Waals surface area contributed by atoms with Crippen molar-refractivity contribution in [3.8, 4) is 5.69 Å². The van der Waals surface area contributed by atoms with Crippen LogP contribution >= 0.6 is 11.3 Å². The SMILES string of the molecule is Cc1nn(-c2ccccc2)c2sc(C(=O)N3CC=C(c4c[nH]c5ncccc45)CC3)cc12. The van der Waals surface area contributed by atoms with Crippen molar-refractivity contribution in [2.45, 2.75) is 13.3 Å². The fourth-order valence-corrected chi connectivity index (χ4v) is 5.52. The van der Waals surface area contributed by atoms with Gasteiger partial charge >= 0.3 is 0 Å². The van der Waals surface area contributed by atoms with Gasteiger partial charge in [-0.05, 0) is 49.2 Å². The van der Waals surface area contributed by atoms with E-state index in [2.05, 4.69) is 27.2 Å². The molecule has 0 radical (unpaired) electrons. The standard InChI is InChI=1S/C25H21N5OS/c1-16-20-14-22(32-25(20)30(28-16)18-6-3-2-4-7-18)24(31)29-12-9-17(10-13-29)21-15-27-23-19(21)8-5-11-26-23/h2-9,11,14-15H,10,12-13H2,1H3,(H,26,27). The Morgan fingerprint density at radius 3 is 2.81 bits per heavy atom. The summed E-state index contributed by atoms with van der Waals surface area (Å²) in [7, 11) is 0. The minimum atomic E-state index is 0.0844. The average Bonchev–Trinajstić information content (AvgIpc) is 3.54. The Bertz CT molecular complexity index is 1490. The Morgan fingerprint density at radius 1 is 1.12 bits per heavy atom. The van der Waals surface area contributed by atoms with Crippen LogP contribution in [0.4, 0.5) is 0 Å². The second-order valence-electron chi connectivity index (χ2n) is 7.99. The summed E-state index contributed by atoms with van der Waals surface area (Å²) in [6, 6.07) is 16.1. The summed E-state index contributed by atoms with van der Waals surface area (Å²) >= 11 is 1.52. The summed E-state index contributed by atoms with van der Waals surface area (Å²) < 4.78 is 1.94. The molecular weight excluding hydrogens is 418 g/mol.